The van der Waals surface area contributed by atoms with E-state index in [4.69, 9.17) is 14.2 Å². The third-order valence-corrected chi connectivity index (χ3v) is 5.17. The third-order valence-electron chi connectivity index (χ3n) is 5.17. The van der Waals surface area contributed by atoms with Crippen molar-refractivity contribution in [1.29, 1.82) is 0 Å². The Morgan fingerprint density at radius 2 is 1.73 bits per heavy atom. The molecule has 0 fully saturated rings. The average Bonchev–Trinajstić information content (AvgIpc) is 3.21. The fourth-order valence-corrected chi connectivity index (χ4v) is 3.39. The van der Waals surface area contributed by atoms with Crippen LogP contribution in [-0.2, 0) is 35.3 Å². The number of carbonyl (C=O) groups excluding carboxylic acids is 1. The van der Waals surface area contributed by atoms with Crippen LogP contribution in [0.15, 0.2) is 48.8 Å². The van der Waals surface area contributed by atoms with Crippen LogP contribution in [0, 0.1) is 0 Å². The summed E-state index contributed by atoms with van der Waals surface area (Å²) in [4.78, 5) is 16.2. The fourth-order valence-electron chi connectivity index (χ4n) is 3.39. The summed E-state index contributed by atoms with van der Waals surface area (Å²) in [7, 11) is 0. The number of hydrogen-bond donors (Lipinski definition) is 0. The average molecular weight is 452 g/mol. The summed E-state index contributed by atoms with van der Waals surface area (Å²) < 4.78 is 18.4. The van der Waals surface area contributed by atoms with Crippen molar-refractivity contribution in [3.8, 4) is 11.6 Å². The molecule has 0 aliphatic rings. The maximum Gasteiger partial charge on any atom is 0.306 e. The summed E-state index contributed by atoms with van der Waals surface area (Å²) in [5.74, 6) is 1.19. The van der Waals surface area contributed by atoms with Crippen molar-refractivity contribution in [3.05, 3.63) is 71.2 Å². The highest BCUT2D eigenvalue weighted by atomic mass is 16.5. The number of hydrogen-bond acceptors (Lipinski definition) is 6. The summed E-state index contributed by atoms with van der Waals surface area (Å²) in [5.41, 5.74) is 4.28. The van der Waals surface area contributed by atoms with Crippen LogP contribution < -0.4 is 9.47 Å². The van der Waals surface area contributed by atoms with E-state index in [1.54, 1.807) is 6.92 Å². The van der Waals surface area contributed by atoms with Crippen LogP contribution in [0.3, 0.4) is 0 Å². The first-order valence-electron chi connectivity index (χ1n) is 11.6. The molecule has 0 N–H and O–H groups in total. The molecule has 7 heteroatoms. The van der Waals surface area contributed by atoms with E-state index in [1.807, 2.05) is 48.3 Å². The molecule has 7 nitrogen and oxygen atoms in total. The quantitative estimate of drug-likeness (QED) is 0.359. The Kier molecular flexibility index (Phi) is 9.30. The molecule has 176 valence electrons. The van der Waals surface area contributed by atoms with E-state index in [2.05, 4.69) is 29.1 Å². The highest BCUT2D eigenvalue weighted by Gasteiger charge is 2.13. The molecular weight excluding hydrogens is 418 g/mol. The number of benzene rings is 1. The second kappa shape index (κ2) is 12.6. The third kappa shape index (κ3) is 7.63. The molecule has 0 spiro atoms. The van der Waals surface area contributed by atoms with E-state index in [1.165, 1.54) is 5.56 Å². The number of carbonyl (C=O) groups is 1. The molecule has 3 aromatic rings. The zero-order valence-corrected chi connectivity index (χ0v) is 19.8. The predicted octanol–water partition coefficient (Wildman–Crippen LogP) is 4.40. The maximum absolute atomic E-state index is 11.7. The van der Waals surface area contributed by atoms with Crippen LogP contribution in [0.1, 0.15) is 49.6 Å². The minimum Gasteiger partial charge on any atom is -0.493 e. The van der Waals surface area contributed by atoms with Crippen LogP contribution in [0.2, 0.25) is 0 Å². The van der Waals surface area contributed by atoms with Crippen molar-refractivity contribution in [2.75, 3.05) is 19.8 Å². The lowest BCUT2D eigenvalue weighted by Crippen LogP contribution is -2.05. The zero-order valence-electron chi connectivity index (χ0n) is 19.8. The molecule has 0 saturated heterocycles. The number of rotatable bonds is 13. The number of nitrogens with zero attached hydrogens (tertiary/aromatic N) is 3. The molecule has 2 heterocycles. The second-order valence-corrected chi connectivity index (χ2v) is 7.65. The van der Waals surface area contributed by atoms with Crippen molar-refractivity contribution in [1.82, 2.24) is 14.8 Å². The molecule has 3 rings (SSSR count). The largest absolute Gasteiger partial charge is 0.493 e. The Morgan fingerprint density at radius 3 is 2.39 bits per heavy atom. The molecule has 0 radical (unpaired) electrons. The van der Waals surface area contributed by atoms with Gasteiger partial charge in [0.2, 0.25) is 5.88 Å². The number of aryl methyl sites for hydroxylation is 2. The van der Waals surface area contributed by atoms with Gasteiger partial charge >= 0.3 is 5.97 Å². The number of esters is 1. The topological polar surface area (TPSA) is 75.5 Å². The van der Waals surface area contributed by atoms with E-state index in [0.717, 1.165) is 35.4 Å². The van der Waals surface area contributed by atoms with E-state index >= 15 is 0 Å². The van der Waals surface area contributed by atoms with Crippen LogP contribution in [0.4, 0.5) is 0 Å². The fraction of sp³-hybridized carbons (Fsp3) is 0.423. The molecule has 2 aromatic heterocycles. The number of aromatic nitrogens is 3. The number of ether oxygens (including phenoxy) is 3. The normalized spacial score (nSPS) is 10.8. The summed E-state index contributed by atoms with van der Waals surface area (Å²) in [5, 5.41) is 4.54. The van der Waals surface area contributed by atoms with Gasteiger partial charge in [-0.15, -0.1) is 5.10 Å². The van der Waals surface area contributed by atoms with Crippen LogP contribution in [-0.4, -0.2) is 40.6 Å². The van der Waals surface area contributed by atoms with Crippen LogP contribution >= 0.6 is 0 Å². The lowest BCUT2D eigenvalue weighted by molar-refractivity contribution is -0.143. The highest BCUT2D eigenvalue weighted by molar-refractivity contribution is 5.69. The molecule has 0 amide bonds. The van der Waals surface area contributed by atoms with Crippen LogP contribution in [0.25, 0.3) is 0 Å². The van der Waals surface area contributed by atoms with Crippen molar-refractivity contribution < 1.29 is 19.0 Å². The summed E-state index contributed by atoms with van der Waals surface area (Å²) in [6.45, 7) is 7.95. The van der Waals surface area contributed by atoms with Gasteiger partial charge in [-0.3, -0.25) is 14.5 Å². The lowest BCUT2D eigenvalue weighted by atomic mass is 10.2. The van der Waals surface area contributed by atoms with Gasteiger partial charge in [0.05, 0.1) is 26.4 Å². The lowest BCUT2D eigenvalue weighted by Gasteiger charge is -2.08. The standard InChI is InChI=1S/C26H33N3O4/c1-4-20-7-11-23(27-17-20)15-16-33-24-12-8-21(9-13-24)18-29-19-22(26(28-29)32-6-3)10-14-25(30)31-5-2/h7-9,11-13,17,19H,4-6,10,14-16,18H2,1-3H3. The van der Waals surface area contributed by atoms with Gasteiger partial charge in [-0.25, -0.2) is 0 Å². The van der Waals surface area contributed by atoms with Crippen LogP contribution in [0.5, 0.6) is 11.6 Å². The highest BCUT2D eigenvalue weighted by Crippen LogP contribution is 2.20. The van der Waals surface area contributed by atoms with Gasteiger partial charge in [-0.1, -0.05) is 25.1 Å². The van der Waals surface area contributed by atoms with Crippen molar-refractivity contribution in [2.24, 2.45) is 0 Å². The first-order valence-corrected chi connectivity index (χ1v) is 11.6. The van der Waals surface area contributed by atoms with Crippen molar-refractivity contribution in [3.63, 3.8) is 0 Å². The Bertz CT molecular complexity index is 997. The predicted molar refractivity (Wildman–Crippen MR) is 127 cm³/mol. The zero-order chi connectivity index (χ0) is 23.5. The molecule has 1 aromatic carbocycles. The van der Waals surface area contributed by atoms with E-state index in [9.17, 15) is 4.79 Å². The van der Waals surface area contributed by atoms with E-state index in [0.29, 0.717) is 45.1 Å². The maximum atomic E-state index is 11.7. The smallest absolute Gasteiger partial charge is 0.306 e. The molecule has 33 heavy (non-hydrogen) atoms. The molecule has 0 atom stereocenters. The Labute approximate surface area is 195 Å². The molecule has 0 aliphatic carbocycles. The summed E-state index contributed by atoms with van der Waals surface area (Å²) >= 11 is 0. The van der Waals surface area contributed by atoms with Gasteiger partial charge < -0.3 is 14.2 Å². The SMILES string of the molecule is CCOC(=O)CCc1cn(Cc2ccc(OCCc3ccc(CC)cn3)cc2)nc1OCC. The molecular formula is C26H33N3O4. The van der Waals surface area contributed by atoms with Gasteiger partial charge in [0, 0.05) is 36.5 Å². The van der Waals surface area contributed by atoms with Gasteiger partial charge in [0.1, 0.15) is 5.75 Å². The van der Waals surface area contributed by atoms with E-state index in [-0.39, 0.29) is 5.97 Å². The molecule has 0 unspecified atom stereocenters. The minimum absolute atomic E-state index is 0.211. The Hall–Kier alpha value is -3.35. The Balaban J connectivity index is 1.52. The number of pyridine rings is 1. The van der Waals surface area contributed by atoms with Gasteiger partial charge in [0.15, 0.2) is 0 Å². The van der Waals surface area contributed by atoms with Crippen molar-refractivity contribution in [2.45, 2.75) is 53.0 Å². The molecule has 0 bridgehead atoms. The minimum atomic E-state index is -0.211. The van der Waals surface area contributed by atoms with Gasteiger partial charge in [-0.05, 0) is 56.0 Å². The van der Waals surface area contributed by atoms with Gasteiger partial charge in [0.25, 0.3) is 0 Å². The first-order chi connectivity index (χ1) is 16.1. The van der Waals surface area contributed by atoms with Gasteiger partial charge in [-0.2, -0.15) is 0 Å². The molecule has 0 saturated carbocycles. The van der Waals surface area contributed by atoms with E-state index < -0.39 is 0 Å². The monoisotopic (exact) mass is 451 g/mol. The Morgan fingerprint density at radius 1 is 0.939 bits per heavy atom. The second-order valence-electron chi connectivity index (χ2n) is 7.65. The summed E-state index contributed by atoms with van der Waals surface area (Å²) in [6.07, 6.45) is 6.48. The molecule has 0 aliphatic heterocycles. The first kappa shape index (κ1) is 24.3. The summed E-state index contributed by atoms with van der Waals surface area (Å²) in [6, 6.07) is 12.2. The van der Waals surface area contributed by atoms with Crippen molar-refractivity contribution >= 4 is 5.97 Å².